The summed E-state index contributed by atoms with van der Waals surface area (Å²) in [4.78, 5) is 23.6. The standard InChI is InChI=1S/C15H20INO5/c1-20-7-8-22-10-14(18)17-13(15(19)21-2)9-11-3-5-12(16)6-4-11/h3-6,13H,7-10H2,1-2H3,(H,17,18)/t13-/m1/s1. The Morgan fingerprint density at radius 1 is 1.18 bits per heavy atom. The lowest BCUT2D eigenvalue weighted by Crippen LogP contribution is -2.44. The van der Waals surface area contributed by atoms with Gasteiger partial charge in [-0.05, 0) is 40.3 Å². The molecule has 7 heteroatoms. The second-order valence-electron chi connectivity index (χ2n) is 4.52. The maximum absolute atomic E-state index is 11.8. The molecule has 0 bridgehead atoms. The fraction of sp³-hybridized carbons (Fsp3) is 0.467. The van der Waals surface area contributed by atoms with Crippen molar-refractivity contribution in [1.82, 2.24) is 5.32 Å². The number of benzene rings is 1. The zero-order valence-electron chi connectivity index (χ0n) is 12.6. The van der Waals surface area contributed by atoms with Crippen LogP contribution < -0.4 is 5.32 Å². The number of halogens is 1. The van der Waals surface area contributed by atoms with Crippen LogP contribution in [0.1, 0.15) is 5.56 Å². The zero-order valence-corrected chi connectivity index (χ0v) is 14.8. The molecule has 0 aliphatic rings. The number of ether oxygens (including phenoxy) is 3. The van der Waals surface area contributed by atoms with Crippen molar-refractivity contribution >= 4 is 34.5 Å². The fourth-order valence-electron chi connectivity index (χ4n) is 1.73. The highest BCUT2D eigenvalue weighted by atomic mass is 127. The second-order valence-corrected chi connectivity index (χ2v) is 5.76. The molecule has 0 unspecified atom stereocenters. The minimum atomic E-state index is -0.733. The molecule has 0 heterocycles. The van der Waals surface area contributed by atoms with Crippen LogP contribution in [0.3, 0.4) is 0 Å². The molecule has 0 spiro atoms. The largest absolute Gasteiger partial charge is 0.467 e. The average molecular weight is 421 g/mol. The van der Waals surface area contributed by atoms with Crippen LogP contribution in [0.25, 0.3) is 0 Å². The van der Waals surface area contributed by atoms with Crippen molar-refractivity contribution in [2.75, 3.05) is 34.0 Å². The number of nitrogens with one attached hydrogen (secondary N) is 1. The van der Waals surface area contributed by atoms with E-state index in [-0.39, 0.29) is 12.5 Å². The number of carbonyl (C=O) groups excluding carboxylic acids is 2. The van der Waals surface area contributed by atoms with Gasteiger partial charge in [-0.1, -0.05) is 12.1 Å². The van der Waals surface area contributed by atoms with Crippen molar-refractivity contribution in [3.8, 4) is 0 Å². The van der Waals surface area contributed by atoms with Gasteiger partial charge in [-0.15, -0.1) is 0 Å². The molecule has 1 N–H and O–H groups in total. The number of esters is 1. The summed E-state index contributed by atoms with van der Waals surface area (Å²) in [5.41, 5.74) is 0.941. The van der Waals surface area contributed by atoms with E-state index in [1.165, 1.54) is 7.11 Å². The fourth-order valence-corrected chi connectivity index (χ4v) is 2.09. The average Bonchev–Trinajstić information content (AvgIpc) is 2.52. The number of hydrogen-bond acceptors (Lipinski definition) is 5. The van der Waals surface area contributed by atoms with E-state index in [2.05, 4.69) is 27.9 Å². The molecule has 1 atom stereocenters. The summed E-state index contributed by atoms with van der Waals surface area (Å²) < 4.78 is 15.8. The number of rotatable bonds is 9. The van der Waals surface area contributed by atoms with Crippen LogP contribution in [0.2, 0.25) is 0 Å². The maximum Gasteiger partial charge on any atom is 0.328 e. The molecule has 0 radical (unpaired) electrons. The van der Waals surface area contributed by atoms with Crippen molar-refractivity contribution in [3.05, 3.63) is 33.4 Å². The van der Waals surface area contributed by atoms with Crippen LogP contribution in [0.15, 0.2) is 24.3 Å². The van der Waals surface area contributed by atoms with Gasteiger partial charge in [0, 0.05) is 17.1 Å². The lowest BCUT2D eigenvalue weighted by molar-refractivity contribution is -0.145. The monoisotopic (exact) mass is 421 g/mol. The first kappa shape index (κ1) is 18.9. The SMILES string of the molecule is COCCOCC(=O)N[C@H](Cc1ccc(I)cc1)C(=O)OC. The third-order valence-electron chi connectivity index (χ3n) is 2.84. The number of hydrogen-bond donors (Lipinski definition) is 1. The highest BCUT2D eigenvalue weighted by molar-refractivity contribution is 14.1. The van der Waals surface area contributed by atoms with Crippen molar-refractivity contribution < 1.29 is 23.8 Å². The van der Waals surface area contributed by atoms with E-state index in [1.807, 2.05) is 24.3 Å². The second kappa shape index (κ2) is 10.5. The Labute approximate surface area is 143 Å². The lowest BCUT2D eigenvalue weighted by Gasteiger charge is -2.16. The molecule has 1 aromatic rings. The normalized spacial score (nSPS) is 11.8. The molecule has 0 aromatic heterocycles. The van der Waals surface area contributed by atoms with Crippen LogP contribution >= 0.6 is 22.6 Å². The Kier molecular flexibility index (Phi) is 9.02. The third kappa shape index (κ3) is 7.19. The highest BCUT2D eigenvalue weighted by Gasteiger charge is 2.21. The predicted molar refractivity (Wildman–Crippen MR) is 89.5 cm³/mol. The molecule has 6 nitrogen and oxygen atoms in total. The first-order valence-corrected chi connectivity index (χ1v) is 7.83. The summed E-state index contributed by atoms with van der Waals surface area (Å²) in [5.74, 6) is -0.846. The Morgan fingerprint density at radius 3 is 2.45 bits per heavy atom. The van der Waals surface area contributed by atoms with E-state index >= 15 is 0 Å². The molecule has 0 saturated heterocycles. The van der Waals surface area contributed by atoms with Gasteiger partial charge in [0.15, 0.2) is 0 Å². The molecule has 0 aliphatic carbocycles. The molecule has 22 heavy (non-hydrogen) atoms. The molecule has 1 amide bonds. The van der Waals surface area contributed by atoms with Crippen LogP contribution in [0.5, 0.6) is 0 Å². The molecule has 122 valence electrons. The van der Waals surface area contributed by atoms with Crippen LogP contribution in [0, 0.1) is 3.57 Å². The van der Waals surface area contributed by atoms with E-state index in [9.17, 15) is 9.59 Å². The van der Waals surface area contributed by atoms with Gasteiger partial charge in [0.2, 0.25) is 5.91 Å². The van der Waals surface area contributed by atoms with Gasteiger partial charge in [-0.2, -0.15) is 0 Å². The topological polar surface area (TPSA) is 73.9 Å². The summed E-state index contributed by atoms with van der Waals surface area (Å²) in [7, 11) is 2.85. The summed E-state index contributed by atoms with van der Waals surface area (Å²) in [5, 5.41) is 2.63. The minimum absolute atomic E-state index is 0.121. The van der Waals surface area contributed by atoms with E-state index in [4.69, 9.17) is 14.2 Å². The van der Waals surface area contributed by atoms with E-state index in [0.29, 0.717) is 19.6 Å². The quantitative estimate of drug-likeness (QED) is 0.368. The third-order valence-corrected chi connectivity index (χ3v) is 3.56. The summed E-state index contributed by atoms with van der Waals surface area (Å²) >= 11 is 2.20. The van der Waals surface area contributed by atoms with Crippen LogP contribution in [-0.2, 0) is 30.2 Å². The van der Waals surface area contributed by atoms with Crippen molar-refractivity contribution in [2.24, 2.45) is 0 Å². The minimum Gasteiger partial charge on any atom is -0.467 e. The maximum atomic E-state index is 11.8. The van der Waals surface area contributed by atoms with E-state index < -0.39 is 12.0 Å². The van der Waals surface area contributed by atoms with Crippen molar-refractivity contribution in [3.63, 3.8) is 0 Å². The molecular formula is C15H20INO5. The molecule has 1 rings (SSSR count). The van der Waals surface area contributed by atoms with Crippen molar-refractivity contribution in [2.45, 2.75) is 12.5 Å². The van der Waals surface area contributed by atoms with Gasteiger partial charge >= 0.3 is 5.97 Å². The first-order chi connectivity index (χ1) is 10.6. The highest BCUT2D eigenvalue weighted by Crippen LogP contribution is 2.09. The van der Waals surface area contributed by atoms with Crippen LogP contribution in [-0.4, -0.2) is 52.0 Å². The Balaban J connectivity index is 2.55. The molecule has 0 fully saturated rings. The first-order valence-electron chi connectivity index (χ1n) is 6.75. The molecule has 0 saturated carbocycles. The number of methoxy groups -OCH3 is 2. The number of carbonyl (C=O) groups is 2. The van der Waals surface area contributed by atoms with Gasteiger partial charge in [0.05, 0.1) is 20.3 Å². The van der Waals surface area contributed by atoms with Gasteiger partial charge in [0.1, 0.15) is 12.6 Å². The predicted octanol–water partition coefficient (Wildman–Crippen LogP) is 1.15. The lowest BCUT2D eigenvalue weighted by atomic mass is 10.1. The van der Waals surface area contributed by atoms with E-state index in [1.54, 1.807) is 7.11 Å². The Morgan fingerprint density at radius 2 is 1.86 bits per heavy atom. The van der Waals surface area contributed by atoms with Gasteiger partial charge in [-0.25, -0.2) is 4.79 Å². The van der Waals surface area contributed by atoms with Gasteiger partial charge in [-0.3, -0.25) is 4.79 Å². The van der Waals surface area contributed by atoms with Gasteiger partial charge in [0.25, 0.3) is 0 Å². The Hall–Kier alpha value is -1.19. The summed E-state index contributed by atoms with van der Waals surface area (Å²) in [6, 6.07) is 6.99. The molecular weight excluding hydrogens is 401 g/mol. The van der Waals surface area contributed by atoms with Crippen LogP contribution in [0.4, 0.5) is 0 Å². The van der Waals surface area contributed by atoms with E-state index in [0.717, 1.165) is 9.13 Å². The van der Waals surface area contributed by atoms with Gasteiger partial charge < -0.3 is 19.5 Å². The zero-order chi connectivity index (χ0) is 16.4. The smallest absolute Gasteiger partial charge is 0.328 e. The van der Waals surface area contributed by atoms with Crippen molar-refractivity contribution in [1.29, 1.82) is 0 Å². The molecule has 0 aliphatic heterocycles. The summed E-state index contributed by atoms with van der Waals surface area (Å²) in [6.07, 6.45) is 0.368. The number of amides is 1. The Bertz CT molecular complexity index is 477. The molecule has 1 aromatic carbocycles. The summed E-state index contributed by atoms with van der Waals surface area (Å²) in [6.45, 7) is 0.615.